The Hall–Kier alpha value is -0.360. The summed E-state index contributed by atoms with van der Waals surface area (Å²) in [6, 6.07) is 7.44. The van der Waals surface area contributed by atoms with E-state index in [2.05, 4.69) is 45.3 Å². The van der Waals surface area contributed by atoms with E-state index in [-0.39, 0.29) is 0 Å². The highest BCUT2D eigenvalue weighted by atomic mass is 79.9. The molecule has 0 saturated heterocycles. The molecule has 1 rings (SSSR count). The Bertz CT molecular complexity index is 452. The molecule has 0 aliphatic heterocycles. The van der Waals surface area contributed by atoms with Crippen molar-refractivity contribution in [2.75, 3.05) is 26.2 Å². The molecule has 1 atom stereocenters. The Balaban J connectivity index is 2.57. The minimum Gasteiger partial charge on any atom is -0.303 e. The maximum atomic E-state index is 12.4. The number of nitrogens with zero attached hydrogens (tertiary/aromatic N) is 1. The third-order valence-corrected chi connectivity index (χ3v) is 5.08. The summed E-state index contributed by atoms with van der Waals surface area (Å²) in [7, 11) is -2.39. The molecule has 0 bridgehead atoms. The zero-order valence-electron chi connectivity index (χ0n) is 11.0. The van der Waals surface area contributed by atoms with Crippen LogP contribution in [0.25, 0.3) is 0 Å². The first-order valence-electron chi connectivity index (χ1n) is 6.09. The number of halogens is 1. The molecule has 0 radical (unpaired) electrons. The molecule has 0 fully saturated rings. The highest BCUT2D eigenvalue weighted by Crippen LogP contribution is 2.14. The predicted octanol–water partition coefficient (Wildman–Crippen LogP) is 2.37. The maximum Gasteiger partial charge on any atom is 0.0533 e. The van der Waals surface area contributed by atoms with Crippen molar-refractivity contribution in [3.05, 3.63) is 28.7 Å². The van der Waals surface area contributed by atoms with Crippen LogP contribution in [0, 0.1) is 0 Å². The summed E-state index contributed by atoms with van der Waals surface area (Å²) < 4.78 is 16.4. The second-order valence-electron chi connectivity index (χ2n) is 4.05. The van der Waals surface area contributed by atoms with Crippen molar-refractivity contribution < 1.29 is 4.21 Å². The van der Waals surface area contributed by atoms with Crippen molar-refractivity contribution in [3.63, 3.8) is 0 Å². The summed E-state index contributed by atoms with van der Waals surface area (Å²) >= 11 is 3.36. The molecule has 3 nitrogen and oxygen atoms in total. The molecule has 0 amide bonds. The number of rotatable bonds is 7. The second kappa shape index (κ2) is 7.28. The molecule has 1 aromatic carbocycles. The lowest BCUT2D eigenvalue weighted by atomic mass is 10.4. The highest BCUT2D eigenvalue weighted by molar-refractivity contribution is 9.10. The van der Waals surface area contributed by atoms with Crippen molar-refractivity contribution >= 4 is 31.5 Å². The van der Waals surface area contributed by atoms with Crippen LogP contribution < -0.4 is 4.72 Å². The summed E-state index contributed by atoms with van der Waals surface area (Å²) in [5.41, 5.74) is 0. The van der Waals surface area contributed by atoms with Gasteiger partial charge in [-0.2, -0.15) is 0 Å². The van der Waals surface area contributed by atoms with Gasteiger partial charge in [-0.05, 0) is 43.2 Å². The van der Waals surface area contributed by atoms with E-state index < -0.39 is 9.71 Å². The van der Waals surface area contributed by atoms with Crippen molar-refractivity contribution in [3.8, 4) is 0 Å². The van der Waals surface area contributed by atoms with Gasteiger partial charge in [0.2, 0.25) is 0 Å². The average Bonchev–Trinajstić information content (AvgIpc) is 2.35. The summed E-state index contributed by atoms with van der Waals surface area (Å²) in [4.78, 5) is 3.02. The quantitative estimate of drug-likeness (QED) is 0.777. The van der Waals surface area contributed by atoms with Crippen LogP contribution in [0.15, 0.2) is 33.6 Å². The minimum atomic E-state index is -2.39. The zero-order valence-corrected chi connectivity index (χ0v) is 13.4. The van der Waals surface area contributed by atoms with Gasteiger partial charge in [0.25, 0.3) is 0 Å². The minimum absolute atomic E-state index is 0.681. The molecule has 0 saturated carbocycles. The molecule has 1 unspecified atom stereocenters. The smallest absolute Gasteiger partial charge is 0.0533 e. The first-order valence-corrected chi connectivity index (χ1v) is 8.61. The van der Waals surface area contributed by atoms with Gasteiger partial charge in [0, 0.05) is 22.5 Å². The van der Waals surface area contributed by atoms with Gasteiger partial charge >= 0.3 is 0 Å². The molecule has 102 valence electrons. The van der Waals surface area contributed by atoms with Crippen LogP contribution in [-0.4, -0.2) is 41.2 Å². The third-order valence-electron chi connectivity index (χ3n) is 2.85. The summed E-state index contributed by atoms with van der Waals surface area (Å²) in [6.07, 6.45) is 0. The fraction of sp³-hybridized carbons (Fsp3) is 0.462. The molecular formula is C13H21BrN2OS. The van der Waals surface area contributed by atoms with E-state index >= 15 is 0 Å². The van der Waals surface area contributed by atoms with Gasteiger partial charge in [0.05, 0.1) is 9.71 Å². The van der Waals surface area contributed by atoms with Crippen LogP contribution in [0.1, 0.15) is 13.8 Å². The lowest BCUT2D eigenvalue weighted by molar-refractivity contribution is 0.309. The number of hydrogen-bond donors (Lipinski definition) is 1. The Labute approximate surface area is 119 Å². The first-order chi connectivity index (χ1) is 8.49. The maximum absolute atomic E-state index is 12.4. The van der Waals surface area contributed by atoms with Gasteiger partial charge in [0.15, 0.2) is 0 Å². The van der Waals surface area contributed by atoms with Crippen LogP contribution in [0.4, 0.5) is 0 Å². The molecule has 1 aromatic rings. The van der Waals surface area contributed by atoms with Crippen molar-refractivity contribution in [1.29, 1.82) is 0 Å². The van der Waals surface area contributed by atoms with Gasteiger partial charge in [-0.3, -0.25) is 0 Å². The van der Waals surface area contributed by atoms with E-state index in [0.717, 1.165) is 29.0 Å². The van der Waals surface area contributed by atoms with Gasteiger partial charge in [-0.15, -0.1) is 0 Å². The van der Waals surface area contributed by atoms with E-state index in [0.29, 0.717) is 6.54 Å². The molecular weight excluding hydrogens is 312 g/mol. The number of likely N-dealkylation sites (N-methyl/N-ethyl adjacent to an activating group) is 1. The molecule has 0 spiro atoms. The van der Waals surface area contributed by atoms with E-state index in [1.54, 1.807) is 0 Å². The van der Waals surface area contributed by atoms with Crippen LogP contribution in [0.2, 0.25) is 0 Å². The van der Waals surface area contributed by atoms with Gasteiger partial charge in [0.1, 0.15) is 0 Å². The Morgan fingerprint density at radius 2 is 1.83 bits per heavy atom. The van der Waals surface area contributed by atoms with Gasteiger partial charge in [-0.1, -0.05) is 29.8 Å². The summed E-state index contributed by atoms with van der Waals surface area (Å²) in [6.45, 7) is 7.83. The average molecular weight is 333 g/mol. The van der Waals surface area contributed by atoms with E-state index in [1.165, 1.54) is 0 Å². The number of nitrogens with one attached hydrogen (secondary N) is 1. The standard InChI is InChI=1S/C13H21BrN2OS/c1-4-16(5-2)11-10-15-18(3,17)13-8-6-12(14)7-9-13/h6-9H,3-5,10-11H2,1-2H3,(H,15,17). The number of benzene rings is 1. The Morgan fingerprint density at radius 3 is 2.33 bits per heavy atom. The largest absolute Gasteiger partial charge is 0.303 e. The fourth-order valence-electron chi connectivity index (χ4n) is 1.65. The Morgan fingerprint density at radius 1 is 1.28 bits per heavy atom. The third kappa shape index (κ3) is 4.72. The van der Waals surface area contributed by atoms with Crippen LogP contribution in [0.3, 0.4) is 0 Å². The monoisotopic (exact) mass is 332 g/mol. The first kappa shape index (κ1) is 15.7. The summed E-state index contributed by atoms with van der Waals surface area (Å²) in [5, 5.41) is 0. The predicted molar refractivity (Wildman–Crippen MR) is 83.5 cm³/mol. The molecule has 0 aromatic heterocycles. The Kier molecular flexibility index (Phi) is 6.35. The van der Waals surface area contributed by atoms with Gasteiger partial charge in [-0.25, -0.2) is 8.93 Å². The van der Waals surface area contributed by atoms with Gasteiger partial charge < -0.3 is 4.90 Å². The topological polar surface area (TPSA) is 32.3 Å². The van der Waals surface area contributed by atoms with Crippen molar-refractivity contribution in [2.45, 2.75) is 18.7 Å². The molecule has 18 heavy (non-hydrogen) atoms. The van der Waals surface area contributed by atoms with E-state index in [4.69, 9.17) is 0 Å². The van der Waals surface area contributed by atoms with Crippen molar-refractivity contribution in [2.24, 2.45) is 0 Å². The van der Waals surface area contributed by atoms with E-state index in [9.17, 15) is 4.21 Å². The molecule has 0 heterocycles. The normalized spacial score (nSPS) is 14.7. The zero-order chi connectivity index (χ0) is 13.6. The molecule has 0 aliphatic rings. The molecule has 1 N–H and O–H groups in total. The summed E-state index contributed by atoms with van der Waals surface area (Å²) in [5.74, 6) is 3.80. The van der Waals surface area contributed by atoms with Crippen LogP contribution in [-0.2, 0) is 9.71 Å². The fourth-order valence-corrected chi connectivity index (χ4v) is 3.07. The van der Waals surface area contributed by atoms with Crippen molar-refractivity contribution in [1.82, 2.24) is 9.62 Å². The lowest BCUT2D eigenvalue weighted by Crippen LogP contribution is -2.34. The van der Waals surface area contributed by atoms with E-state index in [1.807, 2.05) is 24.3 Å². The molecule has 5 heteroatoms. The second-order valence-corrected chi connectivity index (χ2v) is 7.08. The lowest BCUT2D eigenvalue weighted by Gasteiger charge is -2.19. The highest BCUT2D eigenvalue weighted by Gasteiger charge is 2.07. The van der Waals surface area contributed by atoms with Crippen LogP contribution in [0.5, 0.6) is 0 Å². The molecule has 0 aliphatic carbocycles. The van der Waals surface area contributed by atoms with Crippen LogP contribution >= 0.6 is 15.9 Å². The SMILES string of the molecule is C=S(=O)(NCCN(CC)CC)c1ccc(Br)cc1. The number of hydrogen-bond acceptors (Lipinski definition) is 2.